The van der Waals surface area contributed by atoms with Gasteiger partial charge in [0, 0.05) is 0 Å². The number of amides is 1. The zero-order valence-electron chi connectivity index (χ0n) is 13.1. The summed E-state index contributed by atoms with van der Waals surface area (Å²) in [5.74, 6) is 0.459. The van der Waals surface area contributed by atoms with E-state index in [4.69, 9.17) is 4.52 Å². The largest absolute Gasteiger partial charge is 0.361 e. The van der Waals surface area contributed by atoms with E-state index in [-0.39, 0.29) is 11.9 Å². The molecule has 1 N–H and O–H groups in total. The summed E-state index contributed by atoms with van der Waals surface area (Å²) >= 11 is 0. The van der Waals surface area contributed by atoms with Crippen LogP contribution in [0.5, 0.6) is 0 Å². The van der Waals surface area contributed by atoms with Gasteiger partial charge in [0.05, 0.1) is 11.7 Å². The predicted octanol–water partition coefficient (Wildman–Crippen LogP) is 3.73. The lowest BCUT2D eigenvalue weighted by molar-refractivity contribution is 0.0933. The fourth-order valence-electron chi connectivity index (χ4n) is 2.40. The third-order valence-corrected chi connectivity index (χ3v) is 3.69. The molecule has 0 saturated carbocycles. The van der Waals surface area contributed by atoms with Crippen molar-refractivity contribution in [1.29, 1.82) is 0 Å². The van der Waals surface area contributed by atoms with E-state index in [9.17, 15) is 4.79 Å². The van der Waals surface area contributed by atoms with Crippen molar-refractivity contribution < 1.29 is 9.32 Å². The van der Waals surface area contributed by atoms with Crippen LogP contribution in [-0.2, 0) is 6.42 Å². The van der Waals surface area contributed by atoms with E-state index in [1.54, 1.807) is 6.92 Å². The van der Waals surface area contributed by atoms with Crippen LogP contribution in [0.4, 0.5) is 0 Å². The molecule has 2 aromatic rings. The maximum Gasteiger partial charge on any atom is 0.257 e. The standard InChI is InChI=1S/C17H22N2O2/c1-5-14(13-9-7-11(3)8-10-13)18-17(20)16-12(4)21-19-15(16)6-2/h7-10,14H,5-6H2,1-4H3,(H,18,20)/t14-/m0/s1. The SMILES string of the molecule is CCc1noc(C)c1C(=O)N[C@@H](CC)c1ccc(C)cc1. The number of carbonyl (C=O) groups is 1. The molecule has 4 nitrogen and oxygen atoms in total. The number of nitrogens with one attached hydrogen (secondary N) is 1. The number of carbonyl (C=O) groups excluding carboxylic acids is 1. The molecule has 112 valence electrons. The van der Waals surface area contributed by atoms with Crippen molar-refractivity contribution in [3.05, 3.63) is 52.4 Å². The lowest BCUT2D eigenvalue weighted by Crippen LogP contribution is -2.29. The molecule has 0 spiro atoms. The molecular formula is C17H22N2O2. The number of aryl methyl sites for hydroxylation is 3. The van der Waals surface area contributed by atoms with Crippen molar-refractivity contribution in [3.8, 4) is 0 Å². The second-order valence-electron chi connectivity index (χ2n) is 5.26. The molecule has 4 heteroatoms. The van der Waals surface area contributed by atoms with E-state index in [0.29, 0.717) is 23.4 Å². The van der Waals surface area contributed by atoms with Crippen LogP contribution >= 0.6 is 0 Å². The van der Waals surface area contributed by atoms with Gasteiger partial charge in [-0.1, -0.05) is 48.8 Å². The molecule has 0 aliphatic rings. The zero-order valence-corrected chi connectivity index (χ0v) is 13.1. The number of rotatable bonds is 5. The average Bonchev–Trinajstić information content (AvgIpc) is 2.86. The van der Waals surface area contributed by atoms with Crippen molar-refractivity contribution in [3.63, 3.8) is 0 Å². The molecule has 1 aromatic heterocycles. The molecule has 0 saturated heterocycles. The van der Waals surface area contributed by atoms with Gasteiger partial charge in [-0.05, 0) is 32.3 Å². The van der Waals surface area contributed by atoms with Crippen molar-refractivity contribution in [2.24, 2.45) is 0 Å². The quantitative estimate of drug-likeness (QED) is 0.911. The number of benzene rings is 1. The van der Waals surface area contributed by atoms with E-state index in [1.807, 2.05) is 6.92 Å². The Hall–Kier alpha value is -2.10. The van der Waals surface area contributed by atoms with Crippen molar-refractivity contribution in [2.45, 2.75) is 46.6 Å². The minimum atomic E-state index is -0.113. The molecular weight excluding hydrogens is 264 g/mol. The first-order valence-electron chi connectivity index (χ1n) is 7.39. The van der Waals surface area contributed by atoms with Gasteiger partial charge in [-0.25, -0.2) is 0 Å². The van der Waals surface area contributed by atoms with Gasteiger partial charge in [0.15, 0.2) is 0 Å². The topological polar surface area (TPSA) is 55.1 Å². The normalized spacial score (nSPS) is 12.2. The third kappa shape index (κ3) is 3.32. The van der Waals surface area contributed by atoms with Gasteiger partial charge in [0.25, 0.3) is 5.91 Å². The first-order chi connectivity index (χ1) is 10.1. The number of nitrogens with zero attached hydrogens (tertiary/aromatic N) is 1. The number of hydrogen-bond acceptors (Lipinski definition) is 3. The Morgan fingerprint density at radius 3 is 2.48 bits per heavy atom. The molecule has 1 atom stereocenters. The third-order valence-electron chi connectivity index (χ3n) is 3.69. The van der Waals surface area contributed by atoms with Crippen LogP contribution in [0.15, 0.2) is 28.8 Å². The van der Waals surface area contributed by atoms with E-state index < -0.39 is 0 Å². The van der Waals surface area contributed by atoms with E-state index in [1.165, 1.54) is 5.56 Å². The minimum absolute atomic E-state index is 0.00268. The molecule has 21 heavy (non-hydrogen) atoms. The Morgan fingerprint density at radius 2 is 1.90 bits per heavy atom. The van der Waals surface area contributed by atoms with Crippen LogP contribution in [0, 0.1) is 13.8 Å². The average molecular weight is 286 g/mol. The Kier molecular flexibility index (Phi) is 4.78. The van der Waals surface area contributed by atoms with Gasteiger partial charge in [-0.15, -0.1) is 0 Å². The lowest BCUT2D eigenvalue weighted by Gasteiger charge is -2.17. The maximum absolute atomic E-state index is 12.5. The summed E-state index contributed by atoms with van der Waals surface area (Å²) in [6.45, 7) is 7.85. The minimum Gasteiger partial charge on any atom is -0.361 e. The van der Waals surface area contributed by atoms with Gasteiger partial charge in [-0.3, -0.25) is 4.79 Å². The highest BCUT2D eigenvalue weighted by Crippen LogP contribution is 2.20. The first-order valence-corrected chi connectivity index (χ1v) is 7.39. The molecule has 1 heterocycles. The highest BCUT2D eigenvalue weighted by Gasteiger charge is 2.21. The van der Waals surface area contributed by atoms with Gasteiger partial charge in [0.2, 0.25) is 0 Å². The van der Waals surface area contributed by atoms with Crippen LogP contribution in [-0.4, -0.2) is 11.1 Å². The van der Waals surface area contributed by atoms with E-state index in [0.717, 1.165) is 12.0 Å². The highest BCUT2D eigenvalue weighted by atomic mass is 16.5. The Bertz CT molecular complexity index is 614. The van der Waals surface area contributed by atoms with E-state index >= 15 is 0 Å². The molecule has 0 fully saturated rings. The summed E-state index contributed by atoms with van der Waals surface area (Å²) in [6, 6.07) is 8.24. The highest BCUT2D eigenvalue weighted by molar-refractivity contribution is 5.96. The first kappa shape index (κ1) is 15.3. The van der Waals surface area contributed by atoms with Crippen molar-refractivity contribution in [2.75, 3.05) is 0 Å². The smallest absolute Gasteiger partial charge is 0.257 e. The van der Waals surface area contributed by atoms with Crippen LogP contribution in [0.25, 0.3) is 0 Å². The molecule has 0 radical (unpaired) electrons. The fourth-order valence-corrected chi connectivity index (χ4v) is 2.40. The second kappa shape index (κ2) is 6.57. The summed E-state index contributed by atoms with van der Waals surface area (Å²) in [6.07, 6.45) is 1.52. The molecule has 1 aromatic carbocycles. The fraction of sp³-hybridized carbons (Fsp3) is 0.412. The molecule has 0 bridgehead atoms. The molecule has 0 aliphatic carbocycles. The molecule has 0 unspecified atom stereocenters. The van der Waals surface area contributed by atoms with Crippen LogP contribution in [0.1, 0.15) is 59.2 Å². The Morgan fingerprint density at radius 1 is 1.24 bits per heavy atom. The van der Waals surface area contributed by atoms with Gasteiger partial charge in [-0.2, -0.15) is 0 Å². The molecule has 1 amide bonds. The Labute approximate surface area is 125 Å². The summed E-state index contributed by atoms with van der Waals surface area (Å²) < 4.78 is 5.13. The van der Waals surface area contributed by atoms with Crippen molar-refractivity contribution in [1.82, 2.24) is 10.5 Å². The van der Waals surface area contributed by atoms with Gasteiger partial charge < -0.3 is 9.84 Å². The van der Waals surface area contributed by atoms with Crippen LogP contribution in [0.2, 0.25) is 0 Å². The van der Waals surface area contributed by atoms with Gasteiger partial charge in [0.1, 0.15) is 11.3 Å². The number of aromatic nitrogens is 1. The zero-order chi connectivity index (χ0) is 15.4. The molecule has 2 rings (SSSR count). The monoisotopic (exact) mass is 286 g/mol. The lowest BCUT2D eigenvalue weighted by atomic mass is 10.0. The van der Waals surface area contributed by atoms with Crippen LogP contribution in [0.3, 0.4) is 0 Å². The van der Waals surface area contributed by atoms with E-state index in [2.05, 4.69) is 48.6 Å². The number of hydrogen-bond donors (Lipinski definition) is 1. The second-order valence-corrected chi connectivity index (χ2v) is 5.26. The summed E-state index contributed by atoms with van der Waals surface area (Å²) in [5, 5.41) is 7.02. The summed E-state index contributed by atoms with van der Waals surface area (Å²) in [5.41, 5.74) is 3.61. The van der Waals surface area contributed by atoms with Gasteiger partial charge >= 0.3 is 0 Å². The van der Waals surface area contributed by atoms with Crippen molar-refractivity contribution >= 4 is 5.91 Å². The Balaban J connectivity index is 2.20. The summed E-state index contributed by atoms with van der Waals surface area (Å²) in [7, 11) is 0. The predicted molar refractivity (Wildman–Crippen MR) is 82.3 cm³/mol. The summed E-state index contributed by atoms with van der Waals surface area (Å²) in [4.78, 5) is 12.5. The van der Waals surface area contributed by atoms with Crippen LogP contribution < -0.4 is 5.32 Å². The maximum atomic E-state index is 12.5. The molecule has 0 aliphatic heterocycles.